The van der Waals surface area contributed by atoms with Gasteiger partial charge in [0, 0.05) is 27.0 Å². The van der Waals surface area contributed by atoms with Gasteiger partial charge in [-0.15, -0.1) is 0 Å². The third-order valence-corrected chi connectivity index (χ3v) is 6.86. The number of carbonyl (C=O) groups is 1. The minimum Gasteiger partial charge on any atom is -0.489 e. The molecule has 0 spiro atoms. The van der Waals surface area contributed by atoms with Gasteiger partial charge in [-0.2, -0.15) is 10.1 Å². The monoisotopic (exact) mass is 533 g/mol. The first-order chi connectivity index (χ1) is 17.8. The van der Waals surface area contributed by atoms with Crippen LogP contribution >= 0.6 is 23.2 Å². The Hall–Kier alpha value is -3.81. The number of aryl methyl sites for hydroxylation is 2. The number of benzene rings is 3. The summed E-state index contributed by atoms with van der Waals surface area (Å²) >= 11 is 12.2. The third kappa shape index (κ3) is 5.19. The minimum absolute atomic E-state index is 0.208. The number of ether oxygens (including phenoxy) is 1. The molecular weight excluding hydrogens is 509 g/mol. The lowest BCUT2D eigenvalue weighted by molar-refractivity contribution is -0.113. The smallest absolute Gasteiger partial charge is 0.255 e. The lowest BCUT2D eigenvalue weighted by atomic mass is 9.94. The number of allylic oxidation sites excluding steroid dienone is 1. The van der Waals surface area contributed by atoms with Gasteiger partial charge in [-0.25, -0.2) is 4.68 Å². The van der Waals surface area contributed by atoms with E-state index in [0.29, 0.717) is 39.6 Å². The topological polar surface area (TPSA) is 81.1 Å². The van der Waals surface area contributed by atoms with Crippen molar-refractivity contribution in [2.75, 3.05) is 10.6 Å². The molecule has 37 heavy (non-hydrogen) atoms. The van der Waals surface area contributed by atoms with Crippen LogP contribution in [0.4, 0.5) is 11.6 Å². The number of halogens is 2. The molecule has 0 fully saturated rings. The van der Waals surface area contributed by atoms with Crippen LogP contribution in [0.25, 0.3) is 0 Å². The quantitative estimate of drug-likeness (QED) is 0.288. The molecule has 1 aliphatic rings. The Morgan fingerprint density at radius 3 is 2.57 bits per heavy atom. The molecule has 0 saturated carbocycles. The van der Waals surface area contributed by atoms with E-state index < -0.39 is 6.04 Å². The van der Waals surface area contributed by atoms with E-state index in [4.69, 9.17) is 27.9 Å². The van der Waals surface area contributed by atoms with Crippen molar-refractivity contribution in [2.24, 2.45) is 0 Å². The molecule has 3 aromatic carbocycles. The molecular formula is C28H25Cl2N5O2. The zero-order chi connectivity index (χ0) is 26.1. The highest BCUT2D eigenvalue weighted by atomic mass is 35.5. The van der Waals surface area contributed by atoms with E-state index in [0.717, 1.165) is 27.9 Å². The van der Waals surface area contributed by atoms with E-state index in [1.54, 1.807) is 16.8 Å². The van der Waals surface area contributed by atoms with E-state index in [2.05, 4.69) is 20.7 Å². The maximum atomic E-state index is 13.6. The number of carbonyl (C=O) groups excluding carboxylic acids is 1. The fourth-order valence-electron chi connectivity index (χ4n) is 4.38. The van der Waals surface area contributed by atoms with Crippen LogP contribution in [-0.4, -0.2) is 20.7 Å². The first-order valence-electron chi connectivity index (χ1n) is 11.7. The van der Waals surface area contributed by atoms with Crippen LogP contribution in [0.1, 0.15) is 35.2 Å². The fraction of sp³-hybridized carbons (Fsp3) is 0.179. The molecule has 0 saturated heterocycles. The zero-order valence-corrected chi connectivity index (χ0v) is 22.1. The Kier molecular flexibility index (Phi) is 6.91. The second kappa shape index (κ2) is 10.3. The molecule has 9 heteroatoms. The Morgan fingerprint density at radius 2 is 1.84 bits per heavy atom. The number of fused-ring (bicyclic) bond motifs is 1. The van der Waals surface area contributed by atoms with Crippen LogP contribution in [0.15, 0.2) is 78.3 Å². The van der Waals surface area contributed by atoms with E-state index in [-0.39, 0.29) is 5.91 Å². The van der Waals surface area contributed by atoms with E-state index in [1.165, 1.54) is 6.33 Å². The lowest BCUT2D eigenvalue weighted by Gasteiger charge is -2.29. The molecule has 1 aliphatic heterocycles. The third-order valence-electron chi connectivity index (χ3n) is 6.27. The fourth-order valence-corrected chi connectivity index (χ4v) is 4.85. The summed E-state index contributed by atoms with van der Waals surface area (Å²) in [6.07, 6.45) is 1.47. The molecule has 1 amide bonds. The Morgan fingerprint density at radius 1 is 1.05 bits per heavy atom. The summed E-state index contributed by atoms with van der Waals surface area (Å²) in [5.74, 6) is 1.04. The van der Waals surface area contributed by atoms with Crippen LogP contribution in [0, 0.1) is 13.8 Å². The van der Waals surface area contributed by atoms with Crippen LogP contribution in [-0.2, 0) is 11.4 Å². The summed E-state index contributed by atoms with van der Waals surface area (Å²) in [7, 11) is 0. The van der Waals surface area contributed by atoms with Crippen molar-refractivity contribution >= 4 is 40.7 Å². The maximum absolute atomic E-state index is 13.6. The van der Waals surface area contributed by atoms with Crippen LogP contribution in [0.5, 0.6) is 5.75 Å². The van der Waals surface area contributed by atoms with Gasteiger partial charge in [-0.05, 0) is 62.2 Å². The Balaban J connectivity index is 1.41. The summed E-state index contributed by atoms with van der Waals surface area (Å²) < 4.78 is 7.66. The Labute approximate surface area is 225 Å². The number of anilines is 2. The number of hydrogen-bond acceptors (Lipinski definition) is 5. The molecule has 0 radical (unpaired) electrons. The van der Waals surface area contributed by atoms with Gasteiger partial charge >= 0.3 is 0 Å². The average Bonchev–Trinajstić information content (AvgIpc) is 3.33. The maximum Gasteiger partial charge on any atom is 0.255 e. The van der Waals surface area contributed by atoms with Gasteiger partial charge < -0.3 is 15.4 Å². The molecule has 1 aromatic heterocycles. The van der Waals surface area contributed by atoms with Crippen LogP contribution < -0.4 is 15.4 Å². The molecule has 1 atom stereocenters. The van der Waals surface area contributed by atoms with Crippen molar-refractivity contribution in [2.45, 2.75) is 33.4 Å². The molecule has 7 nitrogen and oxygen atoms in total. The molecule has 0 aliphatic carbocycles. The summed E-state index contributed by atoms with van der Waals surface area (Å²) in [4.78, 5) is 17.9. The summed E-state index contributed by atoms with van der Waals surface area (Å²) in [6.45, 7) is 6.18. The number of aromatic nitrogens is 3. The summed E-state index contributed by atoms with van der Waals surface area (Å²) in [6, 6.07) is 18.4. The molecule has 0 unspecified atom stereocenters. The first kappa shape index (κ1) is 24.9. The first-order valence-corrected chi connectivity index (χ1v) is 12.5. The lowest BCUT2D eigenvalue weighted by Crippen LogP contribution is -2.31. The van der Waals surface area contributed by atoms with Crippen molar-refractivity contribution in [1.82, 2.24) is 14.8 Å². The molecule has 4 aromatic rings. The van der Waals surface area contributed by atoms with Gasteiger partial charge in [0.05, 0.1) is 5.57 Å². The molecule has 188 valence electrons. The SMILES string of the molecule is CC1=C(C(=O)Nc2ccc(C)cc2C)[C@@H](c2ccc(OCc3ccc(Cl)cc3Cl)cc2)n2ncnc2N1. The molecule has 5 rings (SSSR count). The number of rotatable bonds is 6. The van der Waals surface area contributed by atoms with E-state index >= 15 is 0 Å². The van der Waals surface area contributed by atoms with Crippen molar-refractivity contribution < 1.29 is 9.53 Å². The standard InChI is InChI=1S/C28H25Cl2N5O2/c1-16-4-11-24(17(2)12-16)34-27(36)25-18(3)33-28-31-15-32-35(28)26(25)19-6-9-22(10-7-19)37-14-20-5-8-21(29)13-23(20)30/h4-13,15,26H,14H2,1-3H3,(H,34,36)(H,31,32,33)/t26-/m1/s1. The highest BCUT2D eigenvalue weighted by molar-refractivity contribution is 6.35. The largest absolute Gasteiger partial charge is 0.489 e. The van der Waals surface area contributed by atoms with Crippen LogP contribution in [0.3, 0.4) is 0 Å². The second-order valence-corrected chi connectivity index (χ2v) is 9.80. The highest BCUT2D eigenvalue weighted by Gasteiger charge is 2.33. The van der Waals surface area contributed by atoms with Gasteiger partial charge in [0.15, 0.2) is 0 Å². The van der Waals surface area contributed by atoms with Crippen molar-refractivity contribution in [3.63, 3.8) is 0 Å². The van der Waals surface area contributed by atoms with Crippen LogP contribution in [0.2, 0.25) is 10.0 Å². The van der Waals surface area contributed by atoms with E-state index in [9.17, 15) is 4.79 Å². The molecule has 0 bridgehead atoms. The van der Waals surface area contributed by atoms with Gasteiger partial charge in [0.25, 0.3) is 5.91 Å². The van der Waals surface area contributed by atoms with Crippen molar-refractivity contribution in [1.29, 1.82) is 0 Å². The second-order valence-electron chi connectivity index (χ2n) is 8.96. The van der Waals surface area contributed by atoms with Gasteiger partial charge in [0.2, 0.25) is 5.95 Å². The van der Waals surface area contributed by atoms with E-state index in [1.807, 2.05) is 69.3 Å². The summed E-state index contributed by atoms with van der Waals surface area (Å²) in [5.41, 5.74) is 5.88. The normalized spacial score (nSPS) is 14.7. The minimum atomic E-state index is -0.468. The van der Waals surface area contributed by atoms with Gasteiger partial charge in [-0.3, -0.25) is 4.79 Å². The number of nitrogens with one attached hydrogen (secondary N) is 2. The van der Waals surface area contributed by atoms with Crippen molar-refractivity contribution in [3.05, 3.63) is 111 Å². The Bertz CT molecular complexity index is 1510. The predicted molar refractivity (Wildman–Crippen MR) is 146 cm³/mol. The molecule has 2 N–H and O–H groups in total. The number of amides is 1. The highest BCUT2D eigenvalue weighted by Crippen LogP contribution is 2.36. The zero-order valence-electron chi connectivity index (χ0n) is 20.5. The predicted octanol–water partition coefficient (Wildman–Crippen LogP) is 6.71. The van der Waals surface area contributed by atoms with Gasteiger partial charge in [0.1, 0.15) is 24.7 Å². The average molecular weight is 534 g/mol. The summed E-state index contributed by atoms with van der Waals surface area (Å²) in [5, 5.41) is 11.8. The number of hydrogen-bond donors (Lipinski definition) is 2. The van der Waals surface area contributed by atoms with Gasteiger partial charge in [-0.1, -0.05) is 59.1 Å². The van der Waals surface area contributed by atoms with Crippen molar-refractivity contribution in [3.8, 4) is 5.75 Å². The number of nitrogens with zero attached hydrogens (tertiary/aromatic N) is 3. The molecule has 2 heterocycles.